The first-order chi connectivity index (χ1) is 12.7. The largest absolute Gasteiger partial charge is 0.497 e. The van der Waals surface area contributed by atoms with Crippen LogP contribution in [0.3, 0.4) is 0 Å². The fraction of sp³-hybridized carbons (Fsp3) is 0.286. The highest BCUT2D eigenvalue weighted by atomic mass is 16.5. The maximum Gasteiger partial charge on any atom is 0.257 e. The summed E-state index contributed by atoms with van der Waals surface area (Å²) in [4.78, 5) is 17.0. The van der Waals surface area contributed by atoms with Gasteiger partial charge >= 0.3 is 0 Å². The van der Waals surface area contributed by atoms with E-state index in [0.717, 1.165) is 55.3 Å². The molecular formula is C21H23N3O2. The van der Waals surface area contributed by atoms with Crippen molar-refractivity contribution in [2.75, 3.05) is 38.6 Å². The first kappa shape index (κ1) is 16.7. The first-order valence-electron chi connectivity index (χ1n) is 8.95. The van der Waals surface area contributed by atoms with Crippen molar-refractivity contribution in [1.29, 1.82) is 0 Å². The number of hydrogen-bond donors (Lipinski definition) is 1. The Balaban J connectivity index is 1.43. The van der Waals surface area contributed by atoms with Gasteiger partial charge in [-0.15, -0.1) is 0 Å². The van der Waals surface area contributed by atoms with Crippen LogP contribution in [0.15, 0.2) is 54.7 Å². The second-order valence-corrected chi connectivity index (χ2v) is 6.71. The van der Waals surface area contributed by atoms with E-state index in [1.807, 2.05) is 30.5 Å². The molecule has 2 heterocycles. The summed E-state index contributed by atoms with van der Waals surface area (Å²) in [7, 11) is 1.64. The van der Waals surface area contributed by atoms with E-state index < -0.39 is 0 Å². The Morgan fingerprint density at radius 1 is 1.08 bits per heavy atom. The number of rotatable bonds is 4. The number of carbonyl (C=O) groups excluding carboxylic acids is 1. The molecule has 1 N–H and O–H groups in total. The summed E-state index contributed by atoms with van der Waals surface area (Å²) in [6, 6.07) is 16.2. The van der Waals surface area contributed by atoms with Crippen LogP contribution in [0.4, 0.5) is 5.69 Å². The van der Waals surface area contributed by atoms with Crippen molar-refractivity contribution in [2.24, 2.45) is 0 Å². The number of methoxy groups -OCH3 is 1. The number of amides is 1. The van der Waals surface area contributed by atoms with E-state index in [1.165, 1.54) is 5.56 Å². The van der Waals surface area contributed by atoms with Crippen LogP contribution in [0.25, 0.3) is 5.57 Å². The molecule has 2 aromatic carbocycles. The molecule has 0 saturated carbocycles. The highest BCUT2D eigenvalue weighted by molar-refractivity contribution is 6.31. The van der Waals surface area contributed by atoms with E-state index >= 15 is 0 Å². The fourth-order valence-corrected chi connectivity index (χ4v) is 3.50. The Kier molecular flexibility index (Phi) is 4.63. The van der Waals surface area contributed by atoms with Gasteiger partial charge < -0.3 is 15.0 Å². The third-order valence-electron chi connectivity index (χ3n) is 4.98. The molecule has 134 valence electrons. The highest BCUT2D eigenvalue weighted by Crippen LogP contribution is 2.34. The minimum atomic E-state index is -0.0417. The number of fused-ring (bicyclic) bond motifs is 1. The predicted octanol–water partition coefficient (Wildman–Crippen LogP) is 2.81. The van der Waals surface area contributed by atoms with E-state index in [4.69, 9.17) is 4.74 Å². The number of piperazine rings is 1. The van der Waals surface area contributed by atoms with Gasteiger partial charge in [-0.2, -0.15) is 0 Å². The lowest BCUT2D eigenvalue weighted by Crippen LogP contribution is -2.43. The van der Waals surface area contributed by atoms with Crippen molar-refractivity contribution < 1.29 is 9.53 Å². The van der Waals surface area contributed by atoms with Gasteiger partial charge in [0.25, 0.3) is 5.91 Å². The van der Waals surface area contributed by atoms with Crippen molar-refractivity contribution in [2.45, 2.75) is 6.54 Å². The number of ether oxygens (including phenoxy) is 1. The Bertz CT molecular complexity index is 824. The Morgan fingerprint density at radius 3 is 2.58 bits per heavy atom. The van der Waals surface area contributed by atoms with E-state index in [-0.39, 0.29) is 5.91 Å². The molecular weight excluding hydrogens is 326 g/mol. The molecule has 1 saturated heterocycles. The van der Waals surface area contributed by atoms with Crippen LogP contribution in [0.1, 0.15) is 11.1 Å². The maximum atomic E-state index is 12.4. The molecule has 0 bridgehead atoms. The summed E-state index contributed by atoms with van der Waals surface area (Å²) in [5, 5.41) is 2.93. The number of carbonyl (C=O) groups is 1. The van der Waals surface area contributed by atoms with E-state index in [2.05, 4.69) is 39.4 Å². The topological polar surface area (TPSA) is 44.8 Å². The average Bonchev–Trinajstić information content (AvgIpc) is 2.98. The smallest absolute Gasteiger partial charge is 0.257 e. The van der Waals surface area contributed by atoms with Gasteiger partial charge in [0.1, 0.15) is 5.75 Å². The molecule has 0 radical (unpaired) electrons. The Hall–Kier alpha value is -2.79. The molecule has 0 aliphatic carbocycles. The molecule has 0 spiro atoms. The molecule has 4 rings (SSSR count). The van der Waals surface area contributed by atoms with Gasteiger partial charge in [0.15, 0.2) is 0 Å². The Labute approximate surface area is 153 Å². The quantitative estimate of drug-likeness (QED) is 0.862. The highest BCUT2D eigenvalue weighted by Gasteiger charge is 2.26. The van der Waals surface area contributed by atoms with Crippen molar-refractivity contribution in [3.63, 3.8) is 0 Å². The summed E-state index contributed by atoms with van der Waals surface area (Å²) in [6.07, 6.45) is 2.00. The molecule has 2 aromatic rings. The van der Waals surface area contributed by atoms with Gasteiger partial charge in [0.05, 0.1) is 12.7 Å². The molecule has 0 atom stereocenters. The van der Waals surface area contributed by atoms with Crippen molar-refractivity contribution in [3.8, 4) is 5.75 Å². The molecule has 1 amide bonds. The number of nitrogens with one attached hydrogen (secondary N) is 1. The molecule has 0 aromatic heterocycles. The molecule has 2 aliphatic rings. The van der Waals surface area contributed by atoms with E-state index in [9.17, 15) is 4.79 Å². The predicted molar refractivity (Wildman–Crippen MR) is 103 cm³/mol. The first-order valence-corrected chi connectivity index (χ1v) is 8.95. The third kappa shape index (κ3) is 3.44. The molecule has 2 aliphatic heterocycles. The molecule has 0 unspecified atom stereocenters. The van der Waals surface area contributed by atoms with Gasteiger partial charge in [-0.25, -0.2) is 0 Å². The van der Waals surface area contributed by atoms with Crippen molar-refractivity contribution in [1.82, 2.24) is 9.80 Å². The maximum absolute atomic E-state index is 12.4. The third-order valence-corrected chi connectivity index (χ3v) is 4.98. The second kappa shape index (κ2) is 7.22. The second-order valence-electron chi connectivity index (χ2n) is 6.71. The normalized spacial score (nSPS) is 18.7. The van der Waals surface area contributed by atoms with Crippen LogP contribution in [0, 0.1) is 0 Å². The van der Waals surface area contributed by atoms with Gasteiger partial charge in [-0.1, -0.05) is 30.3 Å². The zero-order chi connectivity index (χ0) is 17.9. The van der Waals surface area contributed by atoms with Crippen LogP contribution in [0.5, 0.6) is 5.75 Å². The van der Waals surface area contributed by atoms with Crippen LogP contribution in [-0.4, -0.2) is 49.0 Å². The number of hydrogen-bond acceptors (Lipinski definition) is 4. The lowest BCUT2D eigenvalue weighted by atomic mass is 10.1. The van der Waals surface area contributed by atoms with Gasteiger partial charge in [0.2, 0.25) is 0 Å². The molecule has 5 heteroatoms. The fourth-order valence-electron chi connectivity index (χ4n) is 3.50. The van der Waals surface area contributed by atoms with Crippen LogP contribution >= 0.6 is 0 Å². The number of anilines is 1. The molecule has 5 nitrogen and oxygen atoms in total. The molecule has 26 heavy (non-hydrogen) atoms. The molecule has 1 fully saturated rings. The van der Waals surface area contributed by atoms with Crippen molar-refractivity contribution >= 4 is 17.2 Å². The van der Waals surface area contributed by atoms with Crippen molar-refractivity contribution in [3.05, 3.63) is 65.9 Å². The van der Waals surface area contributed by atoms with Gasteiger partial charge in [-0.3, -0.25) is 9.69 Å². The lowest BCUT2D eigenvalue weighted by Gasteiger charge is -2.34. The summed E-state index contributed by atoms with van der Waals surface area (Å²) < 4.78 is 5.30. The standard InChI is InChI=1S/C21H23N3O2/c1-26-17-7-8-20-18(13-17)19(21(25)22-20)15-24-11-9-23(10-12-24)14-16-5-3-2-4-6-16/h2-8,13,15H,9-12,14H2,1H3,(H,22,25)/b19-15+. The lowest BCUT2D eigenvalue weighted by molar-refractivity contribution is -0.110. The minimum absolute atomic E-state index is 0.0417. The zero-order valence-electron chi connectivity index (χ0n) is 14.9. The summed E-state index contributed by atoms with van der Waals surface area (Å²) in [5.74, 6) is 0.721. The van der Waals surface area contributed by atoms with E-state index in [0.29, 0.717) is 0 Å². The monoisotopic (exact) mass is 349 g/mol. The van der Waals surface area contributed by atoms with Crippen LogP contribution in [0.2, 0.25) is 0 Å². The van der Waals surface area contributed by atoms with Crippen LogP contribution < -0.4 is 10.1 Å². The van der Waals surface area contributed by atoms with Crippen LogP contribution in [-0.2, 0) is 11.3 Å². The summed E-state index contributed by atoms with van der Waals surface area (Å²) in [5.41, 5.74) is 3.83. The number of nitrogens with zero attached hydrogens (tertiary/aromatic N) is 2. The Morgan fingerprint density at radius 2 is 1.85 bits per heavy atom. The number of benzene rings is 2. The van der Waals surface area contributed by atoms with E-state index in [1.54, 1.807) is 7.11 Å². The average molecular weight is 349 g/mol. The van der Waals surface area contributed by atoms with Gasteiger partial charge in [0, 0.05) is 50.2 Å². The minimum Gasteiger partial charge on any atom is -0.497 e. The SMILES string of the molecule is COc1ccc2c(c1)/C(=C\N1CCN(Cc3ccccc3)CC1)C(=O)N2. The zero-order valence-corrected chi connectivity index (χ0v) is 14.9. The summed E-state index contributed by atoms with van der Waals surface area (Å²) >= 11 is 0. The van der Waals surface area contributed by atoms with Gasteiger partial charge in [-0.05, 0) is 23.8 Å². The summed E-state index contributed by atoms with van der Waals surface area (Å²) in [6.45, 7) is 4.80.